The van der Waals surface area contributed by atoms with E-state index in [1.807, 2.05) is 0 Å². The van der Waals surface area contributed by atoms with E-state index in [4.69, 9.17) is 0 Å². The summed E-state index contributed by atoms with van der Waals surface area (Å²) < 4.78 is 27.8. The van der Waals surface area contributed by atoms with Crippen LogP contribution >= 0.6 is 0 Å². The molecule has 0 aromatic heterocycles. The summed E-state index contributed by atoms with van der Waals surface area (Å²) in [6.07, 6.45) is 1.67. The van der Waals surface area contributed by atoms with Gasteiger partial charge in [0.15, 0.2) is 0 Å². The van der Waals surface area contributed by atoms with Crippen molar-refractivity contribution in [1.29, 1.82) is 0 Å². The van der Waals surface area contributed by atoms with Gasteiger partial charge in [-0.25, -0.2) is 8.42 Å². The van der Waals surface area contributed by atoms with Gasteiger partial charge in [-0.05, 0) is 42.0 Å². The zero-order chi connectivity index (χ0) is 19.8. The van der Waals surface area contributed by atoms with Gasteiger partial charge in [0, 0.05) is 51.9 Å². The number of aryl methyl sites for hydroxylation is 1. The molecule has 6 nitrogen and oxygen atoms in total. The molecule has 0 atom stereocenters. The molecule has 2 heterocycles. The molecule has 0 bridgehead atoms. The highest BCUT2D eigenvalue weighted by atomic mass is 32.2. The number of benzene rings is 1. The number of sulfonamides is 1. The third kappa shape index (κ3) is 4.52. The van der Waals surface area contributed by atoms with Crippen molar-refractivity contribution in [2.75, 3.05) is 44.2 Å². The average Bonchev–Trinajstić information content (AvgIpc) is 2.59. The van der Waals surface area contributed by atoms with Gasteiger partial charge in [-0.15, -0.1) is 0 Å². The minimum absolute atomic E-state index is 0.00141. The molecule has 7 heteroatoms. The monoisotopic (exact) mass is 393 g/mol. The highest BCUT2D eigenvalue weighted by Gasteiger charge is 2.31. The lowest BCUT2D eigenvalue weighted by Gasteiger charge is -2.37. The van der Waals surface area contributed by atoms with Crippen LogP contribution in [0.15, 0.2) is 23.1 Å². The van der Waals surface area contributed by atoms with Crippen LogP contribution in [0.1, 0.15) is 39.7 Å². The van der Waals surface area contributed by atoms with Gasteiger partial charge in [-0.1, -0.05) is 20.8 Å². The van der Waals surface area contributed by atoms with Crippen molar-refractivity contribution in [2.24, 2.45) is 5.41 Å². The summed E-state index contributed by atoms with van der Waals surface area (Å²) in [7, 11) is -3.50. The number of carbonyl (C=O) groups is 1. The smallest absolute Gasteiger partial charge is 0.243 e. The summed E-state index contributed by atoms with van der Waals surface area (Å²) in [5.74, 6) is 0.00141. The predicted octanol–water partition coefficient (Wildman–Crippen LogP) is 2.34. The Bertz CT molecular complexity index is 806. The van der Waals surface area contributed by atoms with Gasteiger partial charge in [-0.2, -0.15) is 4.31 Å². The molecule has 0 unspecified atom stereocenters. The molecule has 0 aliphatic carbocycles. The topological polar surface area (TPSA) is 60.9 Å². The number of hydrogen-bond acceptors (Lipinski definition) is 4. The number of rotatable bonds is 3. The Balaban J connectivity index is 1.76. The molecule has 2 aliphatic rings. The molecule has 3 rings (SSSR count). The maximum Gasteiger partial charge on any atom is 0.243 e. The normalized spacial score (nSPS) is 19.8. The summed E-state index contributed by atoms with van der Waals surface area (Å²) >= 11 is 0. The maximum atomic E-state index is 13.1. The SMILES string of the molecule is CC(=O)N1CCCc2cc(S(=O)(=O)N3CCN(CC(C)(C)C)CC3)ccc21. The van der Waals surface area contributed by atoms with Crippen molar-refractivity contribution in [3.63, 3.8) is 0 Å². The Hall–Kier alpha value is -1.44. The second-order valence-electron chi connectivity index (χ2n) is 8.81. The molecule has 0 saturated carbocycles. The van der Waals surface area contributed by atoms with Crippen LogP contribution in [0.4, 0.5) is 5.69 Å². The molecule has 150 valence electrons. The summed E-state index contributed by atoms with van der Waals surface area (Å²) in [5.41, 5.74) is 2.01. The molecule has 1 fully saturated rings. The molecule has 1 amide bonds. The minimum atomic E-state index is -3.50. The Morgan fingerprint density at radius 1 is 1.07 bits per heavy atom. The largest absolute Gasteiger partial charge is 0.312 e. The van der Waals surface area contributed by atoms with Crippen LogP contribution in [0.25, 0.3) is 0 Å². The van der Waals surface area contributed by atoms with E-state index >= 15 is 0 Å². The van der Waals surface area contributed by atoms with E-state index in [1.54, 1.807) is 34.3 Å². The lowest BCUT2D eigenvalue weighted by Crippen LogP contribution is -2.50. The van der Waals surface area contributed by atoms with Gasteiger partial charge in [0.1, 0.15) is 0 Å². The van der Waals surface area contributed by atoms with E-state index in [9.17, 15) is 13.2 Å². The summed E-state index contributed by atoms with van der Waals surface area (Å²) in [6.45, 7) is 12.4. The third-order valence-electron chi connectivity index (χ3n) is 5.22. The fourth-order valence-electron chi connectivity index (χ4n) is 4.01. The van der Waals surface area contributed by atoms with Gasteiger partial charge in [0.2, 0.25) is 15.9 Å². The van der Waals surface area contributed by atoms with E-state index in [-0.39, 0.29) is 11.3 Å². The lowest BCUT2D eigenvalue weighted by molar-refractivity contribution is -0.116. The van der Waals surface area contributed by atoms with Crippen LogP contribution in [0.2, 0.25) is 0 Å². The number of hydrogen-bond donors (Lipinski definition) is 0. The molecule has 2 aliphatic heterocycles. The summed E-state index contributed by atoms with van der Waals surface area (Å²) in [5, 5.41) is 0. The van der Waals surface area contributed by atoms with Crippen molar-refractivity contribution < 1.29 is 13.2 Å². The number of piperazine rings is 1. The summed E-state index contributed by atoms with van der Waals surface area (Å²) in [6, 6.07) is 5.21. The van der Waals surface area contributed by atoms with Gasteiger partial charge in [-0.3, -0.25) is 4.79 Å². The van der Waals surface area contributed by atoms with Crippen LogP contribution in [0.3, 0.4) is 0 Å². The van der Waals surface area contributed by atoms with E-state index in [2.05, 4.69) is 25.7 Å². The standard InChI is InChI=1S/C20H31N3O3S/c1-16(24)23-9-5-6-17-14-18(7-8-19(17)23)27(25,26)22-12-10-21(11-13-22)15-20(2,3)4/h7-8,14H,5-6,9-13,15H2,1-4H3. The van der Waals surface area contributed by atoms with E-state index < -0.39 is 10.0 Å². The highest BCUT2D eigenvalue weighted by molar-refractivity contribution is 7.89. The van der Waals surface area contributed by atoms with Crippen LogP contribution in [0.5, 0.6) is 0 Å². The first kappa shape index (κ1) is 20.3. The average molecular weight is 394 g/mol. The van der Waals surface area contributed by atoms with Crippen LogP contribution < -0.4 is 4.90 Å². The van der Waals surface area contributed by atoms with Crippen molar-refractivity contribution in [3.05, 3.63) is 23.8 Å². The Morgan fingerprint density at radius 3 is 2.33 bits per heavy atom. The molecular formula is C20H31N3O3S. The van der Waals surface area contributed by atoms with Gasteiger partial charge in [0.05, 0.1) is 4.90 Å². The molecule has 0 N–H and O–H groups in total. The Labute approximate surface area is 163 Å². The zero-order valence-electron chi connectivity index (χ0n) is 16.9. The number of anilines is 1. The third-order valence-corrected chi connectivity index (χ3v) is 7.11. The quantitative estimate of drug-likeness (QED) is 0.791. The molecule has 0 radical (unpaired) electrons. The van der Waals surface area contributed by atoms with Gasteiger partial charge >= 0.3 is 0 Å². The Kier molecular flexibility index (Phi) is 5.66. The highest BCUT2D eigenvalue weighted by Crippen LogP contribution is 2.31. The van der Waals surface area contributed by atoms with Crippen molar-refractivity contribution in [2.45, 2.75) is 45.4 Å². The van der Waals surface area contributed by atoms with Crippen LogP contribution in [-0.4, -0.2) is 62.8 Å². The molecular weight excluding hydrogens is 362 g/mol. The number of amides is 1. The van der Waals surface area contributed by atoms with Gasteiger partial charge < -0.3 is 9.80 Å². The van der Waals surface area contributed by atoms with E-state index in [0.29, 0.717) is 24.5 Å². The van der Waals surface area contributed by atoms with Gasteiger partial charge in [0.25, 0.3) is 0 Å². The van der Waals surface area contributed by atoms with Crippen molar-refractivity contribution in [1.82, 2.24) is 9.21 Å². The van der Waals surface area contributed by atoms with Crippen molar-refractivity contribution >= 4 is 21.6 Å². The van der Waals surface area contributed by atoms with E-state index in [1.165, 1.54) is 0 Å². The minimum Gasteiger partial charge on any atom is -0.312 e. The second kappa shape index (κ2) is 7.53. The first-order valence-electron chi connectivity index (χ1n) is 9.71. The van der Waals surface area contributed by atoms with Crippen LogP contribution in [-0.2, 0) is 21.2 Å². The maximum absolute atomic E-state index is 13.1. The molecule has 1 aromatic rings. The zero-order valence-corrected chi connectivity index (χ0v) is 17.7. The molecule has 1 aromatic carbocycles. The van der Waals surface area contributed by atoms with Crippen LogP contribution in [0, 0.1) is 5.41 Å². The Morgan fingerprint density at radius 2 is 1.74 bits per heavy atom. The molecule has 27 heavy (non-hydrogen) atoms. The lowest BCUT2D eigenvalue weighted by atomic mass is 9.96. The predicted molar refractivity (Wildman–Crippen MR) is 107 cm³/mol. The van der Waals surface area contributed by atoms with E-state index in [0.717, 1.165) is 43.7 Å². The molecule has 1 saturated heterocycles. The fraction of sp³-hybridized carbons (Fsp3) is 0.650. The van der Waals surface area contributed by atoms with Crippen molar-refractivity contribution in [3.8, 4) is 0 Å². The number of nitrogens with zero attached hydrogens (tertiary/aromatic N) is 3. The first-order valence-corrected chi connectivity index (χ1v) is 11.2. The molecule has 0 spiro atoms. The number of carbonyl (C=O) groups excluding carboxylic acids is 1. The fourth-order valence-corrected chi connectivity index (χ4v) is 5.48. The summed E-state index contributed by atoms with van der Waals surface area (Å²) in [4.78, 5) is 16.2. The second-order valence-corrected chi connectivity index (χ2v) is 10.7. The first-order chi connectivity index (χ1) is 12.6. The number of fused-ring (bicyclic) bond motifs is 1.